The Labute approximate surface area is 171 Å². The molecule has 9 heteroatoms. The molecule has 0 aliphatic heterocycles. The molecule has 2 aromatic heterocycles. The first-order valence-electron chi connectivity index (χ1n) is 8.64. The maximum absolute atomic E-state index is 13.9. The van der Waals surface area contributed by atoms with Crippen LogP contribution in [0.1, 0.15) is 6.92 Å². The number of pyridine rings is 1. The second-order valence-electron chi connectivity index (χ2n) is 5.70. The van der Waals surface area contributed by atoms with E-state index in [1.54, 1.807) is 31.3 Å². The first kappa shape index (κ1) is 20.5. The second-order valence-corrected chi connectivity index (χ2v) is 6.11. The highest BCUT2D eigenvalue weighted by atomic mass is 35.5. The smallest absolute Gasteiger partial charge is 0.344 e. The fourth-order valence-corrected chi connectivity index (χ4v) is 2.60. The molecule has 0 unspecified atom stereocenters. The van der Waals surface area contributed by atoms with Crippen molar-refractivity contribution in [2.24, 2.45) is 0 Å². The Morgan fingerprint density at radius 1 is 1.21 bits per heavy atom. The van der Waals surface area contributed by atoms with Gasteiger partial charge in [0.05, 0.1) is 30.0 Å². The largest absolute Gasteiger partial charge is 0.481 e. The highest BCUT2D eigenvalue weighted by Crippen LogP contribution is 2.31. The molecule has 2 heterocycles. The van der Waals surface area contributed by atoms with Gasteiger partial charge >= 0.3 is 5.97 Å². The number of methoxy groups -OCH3 is 1. The molecule has 0 saturated heterocycles. The molecule has 0 bridgehead atoms. The summed E-state index contributed by atoms with van der Waals surface area (Å²) in [6, 6.07) is 9.23. The van der Waals surface area contributed by atoms with E-state index in [1.807, 2.05) is 0 Å². The van der Waals surface area contributed by atoms with Crippen molar-refractivity contribution in [3.8, 4) is 34.4 Å². The lowest BCUT2D eigenvalue weighted by atomic mass is 10.1. The Hall–Kier alpha value is -3.26. The Kier molecular flexibility index (Phi) is 6.56. The summed E-state index contributed by atoms with van der Waals surface area (Å²) in [6.45, 7) is 1.60. The number of esters is 1. The molecule has 0 saturated carbocycles. The van der Waals surface area contributed by atoms with Gasteiger partial charge in [0.2, 0.25) is 11.8 Å². The van der Waals surface area contributed by atoms with Crippen LogP contribution in [0, 0.1) is 5.82 Å². The minimum absolute atomic E-state index is 0.0161. The highest BCUT2D eigenvalue weighted by Gasteiger charge is 2.15. The number of carbonyl (C=O) groups is 1. The lowest BCUT2D eigenvalue weighted by molar-refractivity contribution is -0.145. The first-order valence-corrected chi connectivity index (χ1v) is 9.02. The summed E-state index contributed by atoms with van der Waals surface area (Å²) >= 11 is 5.76. The normalized spacial score (nSPS) is 10.5. The predicted octanol–water partition coefficient (Wildman–Crippen LogP) is 3.95. The van der Waals surface area contributed by atoms with Gasteiger partial charge < -0.3 is 14.2 Å². The van der Waals surface area contributed by atoms with Crippen LogP contribution in [0.5, 0.6) is 11.8 Å². The number of halogens is 2. The van der Waals surface area contributed by atoms with E-state index in [0.717, 1.165) is 0 Å². The maximum Gasteiger partial charge on any atom is 0.344 e. The second kappa shape index (κ2) is 9.29. The number of hydrogen-bond donors (Lipinski definition) is 0. The third kappa shape index (κ3) is 4.97. The first-order chi connectivity index (χ1) is 14.0. The summed E-state index contributed by atoms with van der Waals surface area (Å²) in [5.74, 6) is -0.505. The van der Waals surface area contributed by atoms with Crippen molar-refractivity contribution < 1.29 is 23.4 Å². The van der Waals surface area contributed by atoms with Crippen LogP contribution in [0.4, 0.5) is 4.39 Å². The minimum Gasteiger partial charge on any atom is -0.481 e. The number of nitrogens with zero attached hydrogens (tertiary/aromatic N) is 3. The van der Waals surface area contributed by atoms with E-state index < -0.39 is 11.8 Å². The molecular weight excluding hydrogens is 401 g/mol. The topological polar surface area (TPSA) is 83.4 Å². The van der Waals surface area contributed by atoms with Gasteiger partial charge in [-0.1, -0.05) is 11.6 Å². The lowest BCUT2D eigenvalue weighted by Crippen LogP contribution is -2.15. The van der Waals surface area contributed by atoms with E-state index in [-0.39, 0.29) is 29.9 Å². The highest BCUT2D eigenvalue weighted by molar-refractivity contribution is 6.30. The summed E-state index contributed by atoms with van der Waals surface area (Å²) in [6.07, 6.45) is 1.58. The van der Waals surface area contributed by atoms with E-state index in [1.165, 1.54) is 25.3 Å². The van der Waals surface area contributed by atoms with E-state index in [2.05, 4.69) is 15.0 Å². The number of aromatic nitrogens is 3. The zero-order valence-corrected chi connectivity index (χ0v) is 16.4. The average Bonchev–Trinajstić information content (AvgIpc) is 2.74. The van der Waals surface area contributed by atoms with Crippen molar-refractivity contribution in [3.63, 3.8) is 0 Å². The molecule has 3 aromatic rings. The Morgan fingerprint density at radius 2 is 2.03 bits per heavy atom. The molecule has 7 nitrogen and oxygen atoms in total. The van der Waals surface area contributed by atoms with Gasteiger partial charge in [-0.3, -0.25) is 0 Å². The summed E-state index contributed by atoms with van der Waals surface area (Å²) in [5, 5.41) is -0.0161. The van der Waals surface area contributed by atoms with Crippen molar-refractivity contribution in [1.82, 2.24) is 15.0 Å². The molecule has 3 rings (SSSR count). The van der Waals surface area contributed by atoms with Gasteiger partial charge in [0.25, 0.3) is 0 Å². The zero-order chi connectivity index (χ0) is 20.8. The average molecular weight is 418 g/mol. The lowest BCUT2D eigenvalue weighted by Gasteiger charge is -2.11. The summed E-state index contributed by atoms with van der Waals surface area (Å²) in [7, 11) is 1.49. The molecule has 150 valence electrons. The number of benzene rings is 1. The molecule has 1 aromatic carbocycles. The molecule has 0 fully saturated rings. The van der Waals surface area contributed by atoms with Crippen molar-refractivity contribution in [2.45, 2.75) is 6.92 Å². The minimum atomic E-state index is -0.605. The number of rotatable bonds is 7. The molecule has 29 heavy (non-hydrogen) atoms. The van der Waals surface area contributed by atoms with Crippen LogP contribution >= 0.6 is 11.6 Å². The Morgan fingerprint density at radius 3 is 2.76 bits per heavy atom. The van der Waals surface area contributed by atoms with Gasteiger partial charge in [-0.05, 0) is 37.3 Å². The van der Waals surface area contributed by atoms with Crippen molar-refractivity contribution in [2.75, 3.05) is 20.3 Å². The van der Waals surface area contributed by atoms with Crippen LogP contribution < -0.4 is 9.47 Å². The van der Waals surface area contributed by atoms with Crippen LogP contribution in [0.3, 0.4) is 0 Å². The van der Waals surface area contributed by atoms with E-state index in [0.29, 0.717) is 22.7 Å². The van der Waals surface area contributed by atoms with E-state index in [4.69, 9.17) is 25.8 Å². The van der Waals surface area contributed by atoms with Crippen molar-refractivity contribution >= 4 is 17.6 Å². The molecule has 0 atom stereocenters. The molecule has 0 spiro atoms. The number of ether oxygens (including phenoxy) is 3. The molecule has 0 N–H and O–H groups in total. The monoisotopic (exact) mass is 417 g/mol. The third-order valence-electron chi connectivity index (χ3n) is 3.76. The summed E-state index contributed by atoms with van der Waals surface area (Å²) < 4.78 is 29.5. The van der Waals surface area contributed by atoms with Crippen LogP contribution in [-0.2, 0) is 9.53 Å². The Bertz CT molecular complexity index is 1030. The SMILES string of the molecule is CCOC(=O)COc1cc(-c2cccnc2OC)nc(-c2ccc(Cl)c(F)c2)n1. The fraction of sp³-hybridized carbons (Fsp3) is 0.200. The van der Waals surface area contributed by atoms with Gasteiger partial charge in [-0.25, -0.2) is 19.2 Å². The van der Waals surface area contributed by atoms with Gasteiger partial charge in [-0.2, -0.15) is 4.98 Å². The predicted molar refractivity (Wildman–Crippen MR) is 104 cm³/mol. The van der Waals surface area contributed by atoms with Crippen LogP contribution in [0.2, 0.25) is 5.02 Å². The van der Waals surface area contributed by atoms with Gasteiger partial charge in [0.15, 0.2) is 12.4 Å². The standard InChI is InChI=1S/C20H17ClFN3O4/c1-3-28-18(26)11-29-17-10-16(13-5-4-8-23-20(13)27-2)24-19(25-17)12-6-7-14(21)15(22)9-12/h4-10H,3,11H2,1-2H3. The van der Waals surface area contributed by atoms with Crippen LogP contribution in [0.15, 0.2) is 42.6 Å². The third-order valence-corrected chi connectivity index (χ3v) is 4.07. The number of carbonyl (C=O) groups excluding carboxylic acids is 1. The van der Waals surface area contributed by atoms with Crippen LogP contribution in [-0.4, -0.2) is 41.2 Å². The quantitative estimate of drug-likeness (QED) is 0.538. The molecular formula is C20H17ClFN3O4. The Balaban J connectivity index is 2.06. The van der Waals surface area contributed by atoms with Gasteiger partial charge in [0, 0.05) is 17.8 Å². The molecule has 0 radical (unpaired) electrons. The van der Waals surface area contributed by atoms with E-state index >= 15 is 0 Å². The molecule has 0 aliphatic carbocycles. The van der Waals surface area contributed by atoms with Gasteiger partial charge in [-0.15, -0.1) is 0 Å². The number of hydrogen-bond acceptors (Lipinski definition) is 7. The van der Waals surface area contributed by atoms with Gasteiger partial charge in [0.1, 0.15) is 5.82 Å². The summed E-state index contributed by atoms with van der Waals surface area (Å²) in [4.78, 5) is 24.5. The maximum atomic E-state index is 13.9. The fourth-order valence-electron chi connectivity index (χ4n) is 2.49. The zero-order valence-electron chi connectivity index (χ0n) is 15.7. The van der Waals surface area contributed by atoms with Crippen molar-refractivity contribution in [3.05, 3.63) is 53.4 Å². The van der Waals surface area contributed by atoms with Crippen LogP contribution in [0.25, 0.3) is 22.6 Å². The van der Waals surface area contributed by atoms with Crippen molar-refractivity contribution in [1.29, 1.82) is 0 Å². The summed E-state index contributed by atoms with van der Waals surface area (Å²) in [5.41, 5.74) is 1.39. The molecule has 0 amide bonds. The molecule has 0 aliphatic rings. The van der Waals surface area contributed by atoms with E-state index in [9.17, 15) is 9.18 Å².